The van der Waals surface area contributed by atoms with Gasteiger partial charge in [-0.05, 0) is 33.8 Å². The Bertz CT molecular complexity index is 1140. The van der Waals surface area contributed by atoms with Crippen LogP contribution in [0, 0.1) is 12.7 Å². The molecule has 0 radical (unpaired) electrons. The van der Waals surface area contributed by atoms with Crippen LogP contribution in [-0.2, 0) is 14.3 Å². The largest absolute Gasteiger partial charge is 0.482 e. The molecule has 8 nitrogen and oxygen atoms in total. The number of ketones is 1. The van der Waals surface area contributed by atoms with E-state index in [9.17, 15) is 18.8 Å². The lowest BCUT2D eigenvalue weighted by Crippen LogP contribution is -2.47. The maximum absolute atomic E-state index is 14.3. The number of carbonyl (C=O) groups is 3. The van der Waals surface area contributed by atoms with Gasteiger partial charge in [0.15, 0.2) is 11.5 Å². The summed E-state index contributed by atoms with van der Waals surface area (Å²) < 4.78 is 30.9. The molecule has 9 heteroatoms. The summed E-state index contributed by atoms with van der Waals surface area (Å²) in [5.74, 6) is -1.16. The number of aryl methyl sites for hydroxylation is 1. The van der Waals surface area contributed by atoms with Crippen molar-refractivity contribution in [3.8, 4) is 5.75 Å². The predicted octanol–water partition coefficient (Wildman–Crippen LogP) is 3.57. The van der Waals surface area contributed by atoms with Gasteiger partial charge in [0, 0.05) is 11.8 Å². The van der Waals surface area contributed by atoms with Crippen molar-refractivity contribution in [2.75, 3.05) is 13.7 Å². The van der Waals surface area contributed by atoms with Crippen molar-refractivity contribution < 1.29 is 33.0 Å². The molecule has 3 heterocycles. The first-order valence-electron chi connectivity index (χ1n) is 10.3. The number of pyridine rings is 1. The van der Waals surface area contributed by atoms with Gasteiger partial charge >= 0.3 is 12.1 Å². The minimum atomic E-state index is -1.15. The highest BCUT2D eigenvalue weighted by Crippen LogP contribution is 2.44. The van der Waals surface area contributed by atoms with E-state index in [-0.39, 0.29) is 42.0 Å². The standard InChI is InChI=1S/C23H25FN2O6/c1-12-19-17(13-7-6-8-14(24)18(13)25-12)16(27)10-23(31-19)9-15(20(28)30-5)26(11-23)21(29)32-22(2,3)4/h6-8,15H,9-11H2,1-5H3/t15-,23+/m0/s1. The zero-order chi connectivity index (χ0) is 23.4. The van der Waals surface area contributed by atoms with Crippen LogP contribution in [0.15, 0.2) is 18.2 Å². The zero-order valence-corrected chi connectivity index (χ0v) is 18.7. The number of ether oxygens (including phenoxy) is 3. The lowest BCUT2D eigenvalue weighted by Gasteiger charge is -2.35. The molecule has 2 aromatic rings. The number of methoxy groups -OCH3 is 1. The van der Waals surface area contributed by atoms with Crippen molar-refractivity contribution in [1.29, 1.82) is 0 Å². The molecular weight excluding hydrogens is 419 g/mol. The van der Waals surface area contributed by atoms with Crippen LogP contribution in [0.1, 0.15) is 49.7 Å². The van der Waals surface area contributed by atoms with Crippen LogP contribution in [0.5, 0.6) is 5.75 Å². The Balaban J connectivity index is 1.75. The molecular formula is C23H25FN2O6. The van der Waals surface area contributed by atoms with Crippen LogP contribution in [-0.4, -0.2) is 58.6 Å². The molecule has 2 aliphatic rings. The molecule has 0 N–H and O–H groups in total. The molecule has 32 heavy (non-hydrogen) atoms. The van der Waals surface area contributed by atoms with Gasteiger partial charge in [-0.25, -0.2) is 19.0 Å². The molecule has 0 bridgehead atoms. The summed E-state index contributed by atoms with van der Waals surface area (Å²) in [6.45, 7) is 6.77. The molecule has 1 spiro atoms. The lowest BCUT2D eigenvalue weighted by atomic mass is 9.86. The number of amides is 1. The molecule has 1 saturated heterocycles. The Morgan fingerprint density at radius 1 is 1.31 bits per heavy atom. The SMILES string of the molecule is COC(=O)[C@@H]1C[C@@]2(CC(=O)c3c(c(C)nc4c(F)cccc34)O2)CN1C(=O)OC(C)(C)C. The molecule has 0 saturated carbocycles. The molecule has 170 valence electrons. The van der Waals surface area contributed by atoms with Crippen molar-refractivity contribution in [2.24, 2.45) is 0 Å². The molecule has 2 atom stereocenters. The first kappa shape index (κ1) is 22.0. The van der Waals surface area contributed by atoms with Crippen LogP contribution >= 0.6 is 0 Å². The molecule has 1 fully saturated rings. The van der Waals surface area contributed by atoms with Crippen molar-refractivity contribution in [1.82, 2.24) is 9.88 Å². The number of aromatic nitrogens is 1. The molecule has 0 aliphatic carbocycles. The summed E-state index contributed by atoms with van der Waals surface area (Å²) in [5.41, 5.74) is -1.19. The summed E-state index contributed by atoms with van der Waals surface area (Å²) in [5, 5.41) is 0.372. The third kappa shape index (κ3) is 3.65. The highest BCUT2D eigenvalue weighted by molar-refractivity contribution is 6.11. The molecule has 1 amide bonds. The van der Waals surface area contributed by atoms with Gasteiger partial charge in [0.05, 0.1) is 31.3 Å². The number of hydrogen-bond donors (Lipinski definition) is 0. The van der Waals surface area contributed by atoms with Crippen LogP contribution in [0.25, 0.3) is 10.9 Å². The molecule has 1 aromatic carbocycles. The second-order valence-corrected chi connectivity index (χ2v) is 9.27. The summed E-state index contributed by atoms with van der Waals surface area (Å²) in [4.78, 5) is 44.1. The van der Waals surface area contributed by atoms with Gasteiger partial charge in [-0.2, -0.15) is 0 Å². The third-order valence-corrected chi connectivity index (χ3v) is 5.67. The van der Waals surface area contributed by atoms with Crippen molar-refractivity contribution in [2.45, 2.75) is 57.8 Å². The van der Waals surface area contributed by atoms with Gasteiger partial charge in [-0.3, -0.25) is 9.69 Å². The molecule has 0 unspecified atom stereocenters. The van der Waals surface area contributed by atoms with Gasteiger partial charge in [0.2, 0.25) is 0 Å². The van der Waals surface area contributed by atoms with Crippen LogP contribution in [0.2, 0.25) is 0 Å². The van der Waals surface area contributed by atoms with Gasteiger partial charge in [-0.15, -0.1) is 0 Å². The molecule has 2 aliphatic heterocycles. The Kier molecular flexibility index (Phi) is 5.10. The average molecular weight is 444 g/mol. The van der Waals surface area contributed by atoms with Crippen molar-refractivity contribution in [3.05, 3.63) is 35.3 Å². The summed E-state index contributed by atoms with van der Waals surface area (Å²) in [6, 6.07) is 3.46. The fraction of sp³-hybridized carbons (Fsp3) is 0.478. The minimum absolute atomic E-state index is 0.0342. The number of benzene rings is 1. The van der Waals surface area contributed by atoms with Crippen LogP contribution in [0.4, 0.5) is 9.18 Å². The smallest absolute Gasteiger partial charge is 0.411 e. The number of esters is 1. The number of halogens is 1. The average Bonchev–Trinajstić information content (AvgIpc) is 3.06. The van der Waals surface area contributed by atoms with E-state index in [2.05, 4.69) is 4.98 Å². The fourth-order valence-electron chi connectivity index (χ4n) is 4.40. The maximum Gasteiger partial charge on any atom is 0.411 e. The summed E-state index contributed by atoms with van der Waals surface area (Å²) >= 11 is 0. The number of Topliss-reactive ketones (excluding diaryl/α,β-unsaturated/α-hetero) is 1. The zero-order valence-electron chi connectivity index (χ0n) is 18.7. The maximum atomic E-state index is 14.3. The number of nitrogens with zero attached hydrogens (tertiary/aromatic N) is 2. The van der Waals surface area contributed by atoms with E-state index >= 15 is 0 Å². The van der Waals surface area contributed by atoms with E-state index in [0.717, 1.165) is 0 Å². The minimum Gasteiger partial charge on any atom is -0.482 e. The predicted molar refractivity (Wildman–Crippen MR) is 112 cm³/mol. The van der Waals surface area contributed by atoms with Crippen molar-refractivity contribution in [3.63, 3.8) is 0 Å². The van der Waals surface area contributed by atoms with Crippen LogP contribution in [0.3, 0.4) is 0 Å². The number of carbonyl (C=O) groups excluding carboxylic acids is 3. The van der Waals surface area contributed by atoms with Gasteiger partial charge in [0.25, 0.3) is 0 Å². The number of fused-ring (bicyclic) bond motifs is 3. The molecule has 1 aromatic heterocycles. The van der Waals surface area contributed by atoms with E-state index in [4.69, 9.17) is 14.2 Å². The quantitative estimate of drug-likeness (QED) is 0.621. The topological polar surface area (TPSA) is 95.0 Å². The second-order valence-electron chi connectivity index (χ2n) is 9.27. The highest BCUT2D eigenvalue weighted by atomic mass is 19.1. The number of hydrogen-bond acceptors (Lipinski definition) is 7. The Morgan fingerprint density at radius 3 is 2.69 bits per heavy atom. The first-order valence-corrected chi connectivity index (χ1v) is 10.3. The number of rotatable bonds is 1. The van der Waals surface area contributed by atoms with Gasteiger partial charge < -0.3 is 14.2 Å². The van der Waals surface area contributed by atoms with E-state index in [1.165, 1.54) is 24.1 Å². The van der Waals surface area contributed by atoms with Crippen molar-refractivity contribution >= 4 is 28.7 Å². The first-order chi connectivity index (χ1) is 14.9. The number of likely N-dealkylation sites (tertiary alicyclic amines) is 1. The Morgan fingerprint density at radius 2 is 2.03 bits per heavy atom. The lowest BCUT2D eigenvalue weighted by molar-refractivity contribution is -0.145. The summed E-state index contributed by atoms with van der Waals surface area (Å²) in [7, 11) is 1.23. The number of para-hydroxylation sites is 1. The summed E-state index contributed by atoms with van der Waals surface area (Å²) in [6.07, 6.45) is -0.714. The van der Waals surface area contributed by atoms with E-state index < -0.39 is 35.1 Å². The third-order valence-electron chi connectivity index (χ3n) is 5.67. The normalized spacial score (nSPS) is 22.6. The van der Waals surface area contributed by atoms with E-state index in [0.29, 0.717) is 11.1 Å². The fourth-order valence-corrected chi connectivity index (χ4v) is 4.40. The van der Waals surface area contributed by atoms with Gasteiger partial charge in [0.1, 0.15) is 28.6 Å². The Labute approximate surface area is 184 Å². The monoisotopic (exact) mass is 444 g/mol. The van der Waals surface area contributed by atoms with E-state index in [1.54, 1.807) is 33.8 Å². The molecule has 4 rings (SSSR count). The van der Waals surface area contributed by atoms with Gasteiger partial charge in [-0.1, -0.05) is 12.1 Å². The highest BCUT2D eigenvalue weighted by Gasteiger charge is 2.55. The Hall–Kier alpha value is -3.23. The van der Waals surface area contributed by atoms with Crippen LogP contribution < -0.4 is 4.74 Å². The second kappa shape index (κ2) is 7.43. The van der Waals surface area contributed by atoms with E-state index in [1.807, 2.05) is 0 Å².